The molecule has 13 heavy (non-hydrogen) atoms. The van der Waals surface area contributed by atoms with Crippen LogP contribution in [0, 0.1) is 0 Å². The standard InChI is InChI=1S/C9H7ClO2S/c10-9-7(4-11)6-2-1-5(12)3-8(6)13-9/h1-3,11-12H,4H2. The lowest BCUT2D eigenvalue weighted by Gasteiger charge is -1.94. The van der Waals surface area contributed by atoms with Gasteiger partial charge < -0.3 is 10.2 Å². The van der Waals surface area contributed by atoms with Gasteiger partial charge in [0, 0.05) is 10.3 Å². The smallest absolute Gasteiger partial charge is 0.117 e. The number of rotatable bonds is 1. The molecule has 0 aliphatic carbocycles. The molecule has 0 atom stereocenters. The van der Waals surface area contributed by atoms with Crippen molar-refractivity contribution in [2.24, 2.45) is 0 Å². The number of phenolic OH excluding ortho intramolecular Hbond substituents is 1. The molecule has 0 unspecified atom stereocenters. The van der Waals surface area contributed by atoms with E-state index in [9.17, 15) is 5.11 Å². The Hall–Kier alpha value is -0.770. The number of aliphatic hydroxyl groups excluding tert-OH is 1. The molecule has 0 radical (unpaired) electrons. The second-order valence-electron chi connectivity index (χ2n) is 2.69. The first kappa shape index (κ1) is 8.81. The average molecular weight is 215 g/mol. The predicted molar refractivity (Wildman–Crippen MR) is 54.4 cm³/mol. The minimum atomic E-state index is -0.0659. The van der Waals surface area contributed by atoms with Crippen molar-refractivity contribution in [1.29, 1.82) is 0 Å². The third-order valence-electron chi connectivity index (χ3n) is 1.89. The molecule has 4 heteroatoms. The fraction of sp³-hybridized carbons (Fsp3) is 0.111. The Morgan fingerprint density at radius 3 is 2.85 bits per heavy atom. The maximum atomic E-state index is 9.20. The van der Waals surface area contributed by atoms with E-state index in [1.807, 2.05) is 0 Å². The van der Waals surface area contributed by atoms with E-state index >= 15 is 0 Å². The lowest BCUT2D eigenvalue weighted by atomic mass is 10.2. The minimum absolute atomic E-state index is 0.0659. The molecule has 0 amide bonds. The quantitative estimate of drug-likeness (QED) is 0.767. The van der Waals surface area contributed by atoms with E-state index in [4.69, 9.17) is 16.7 Å². The maximum Gasteiger partial charge on any atom is 0.117 e. The van der Waals surface area contributed by atoms with Gasteiger partial charge in [0.15, 0.2) is 0 Å². The van der Waals surface area contributed by atoms with E-state index in [0.717, 1.165) is 15.6 Å². The number of hydrogen-bond donors (Lipinski definition) is 2. The molecule has 0 spiro atoms. The van der Waals surface area contributed by atoms with Crippen molar-refractivity contribution in [3.8, 4) is 5.75 Å². The molecule has 0 fully saturated rings. The molecule has 1 aromatic carbocycles. The van der Waals surface area contributed by atoms with E-state index in [1.165, 1.54) is 11.3 Å². The van der Waals surface area contributed by atoms with Crippen LogP contribution in [0.15, 0.2) is 18.2 Å². The summed E-state index contributed by atoms with van der Waals surface area (Å²) in [5, 5.41) is 19.2. The van der Waals surface area contributed by atoms with E-state index in [-0.39, 0.29) is 12.4 Å². The third-order valence-corrected chi connectivity index (χ3v) is 3.33. The van der Waals surface area contributed by atoms with Crippen molar-refractivity contribution in [2.75, 3.05) is 0 Å². The van der Waals surface area contributed by atoms with Gasteiger partial charge in [-0.05, 0) is 23.6 Å². The van der Waals surface area contributed by atoms with Crippen LogP contribution in [0.4, 0.5) is 0 Å². The molecule has 0 aliphatic rings. The summed E-state index contributed by atoms with van der Waals surface area (Å²) in [6.07, 6.45) is 0. The number of aromatic hydroxyl groups is 1. The van der Waals surface area contributed by atoms with Crippen molar-refractivity contribution in [3.05, 3.63) is 28.1 Å². The van der Waals surface area contributed by atoms with E-state index < -0.39 is 0 Å². The summed E-state index contributed by atoms with van der Waals surface area (Å²) in [6, 6.07) is 4.99. The van der Waals surface area contributed by atoms with Crippen LogP contribution < -0.4 is 0 Å². The molecule has 2 nitrogen and oxygen atoms in total. The molecule has 2 aromatic rings. The summed E-state index contributed by atoms with van der Waals surface area (Å²) in [6.45, 7) is -0.0659. The van der Waals surface area contributed by atoms with Gasteiger partial charge in [-0.25, -0.2) is 0 Å². The van der Waals surface area contributed by atoms with E-state index in [2.05, 4.69) is 0 Å². The molecule has 0 saturated carbocycles. The lowest BCUT2D eigenvalue weighted by molar-refractivity contribution is 0.284. The highest BCUT2D eigenvalue weighted by atomic mass is 35.5. The van der Waals surface area contributed by atoms with E-state index in [0.29, 0.717) is 4.34 Å². The van der Waals surface area contributed by atoms with Crippen LogP contribution >= 0.6 is 22.9 Å². The molecule has 0 aliphatic heterocycles. The normalized spacial score (nSPS) is 10.9. The molecule has 2 rings (SSSR count). The number of fused-ring (bicyclic) bond motifs is 1. The number of thiophene rings is 1. The predicted octanol–water partition coefficient (Wildman–Crippen LogP) is 2.75. The Labute approximate surface area is 84.0 Å². The zero-order valence-corrected chi connectivity index (χ0v) is 8.19. The fourth-order valence-electron chi connectivity index (χ4n) is 1.26. The zero-order chi connectivity index (χ0) is 9.42. The number of benzene rings is 1. The minimum Gasteiger partial charge on any atom is -0.508 e. The largest absolute Gasteiger partial charge is 0.508 e. The lowest BCUT2D eigenvalue weighted by Crippen LogP contribution is -1.79. The molecule has 68 valence electrons. The fourth-order valence-corrected chi connectivity index (χ4v) is 2.64. The Morgan fingerprint density at radius 1 is 1.38 bits per heavy atom. The highest BCUT2D eigenvalue weighted by Crippen LogP contribution is 2.36. The first-order valence-electron chi connectivity index (χ1n) is 3.73. The molecule has 2 N–H and O–H groups in total. The van der Waals surface area contributed by atoms with Crippen LogP contribution in [0.25, 0.3) is 10.1 Å². The van der Waals surface area contributed by atoms with Crippen LogP contribution in [0.3, 0.4) is 0 Å². The van der Waals surface area contributed by atoms with Crippen molar-refractivity contribution in [2.45, 2.75) is 6.61 Å². The van der Waals surface area contributed by atoms with Gasteiger partial charge in [0.1, 0.15) is 5.75 Å². The van der Waals surface area contributed by atoms with Gasteiger partial charge in [0.05, 0.1) is 10.9 Å². The number of halogens is 1. The van der Waals surface area contributed by atoms with Gasteiger partial charge in [0.25, 0.3) is 0 Å². The second kappa shape index (κ2) is 3.18. The Balaban J connectivity index is 2.79. The van der Waals surface area contributed by atoms with Crippen LogP contribution in [0.1, 0.15) is 5.56 Å². The van der Waals surface area contributed by atoms with Crippen molar-refractivity contribution >= 4 is 33.0 Å². The van der Waals surface area contributed by atoms with Crippen LogP contribution in [0.5, 0.6) is 5.75 Å². The summed E-state index contributed by atoms with van der Waals surface area (Å²) in [4.78, 5) is 0. The number of aliphatic hydroxyl groups is 1. The highest BCUT2D eigenvalue weighted by Gasteiger charge is 2.09. The van der Waals surface area contributed by atoms with Gasteiger partial charge in [-0.2, -0.15) is 0 Å². The van der Waals surface area contributed by atoms with Gasteiger partial charge in [-0.3, -0.25) is 0 Å². The summed E-state index contributed by atoms with van der Waals surface area (Å²) in [5.74, 6) is 0.218. The zero-order valence-electron chi connectivity index (χ0n) is 6.62. The van der Waals surface area contributed by atoms with Crippen molar-refractivity contribution in [1.82, 2.24) is 0 Å². The van der Waals surface area contributed by atoms with Crippen LogP contribution in [-0.2, 0) is 6.61 Å². The molecule has 1 aromatic heterocycles. The summed E-state index contributed by atoms with van der Waals surface area (Å²) >= 11 is 7.26. The van der Waals surface area contributed by atoms with Gasteiger partial charge >= 0.3 is 0 Å². The SMILES string of the molecule is OCc1c(Cl)sc2cc(O)ccc12. The average Bonchev–Trinajstić information content (AvgIpc) is 2.39. The molecule has 0 saturated heterocycles. The summed E-state index contributed by atoms with van der Waals surface area (Å²) in [5.41, 5.74) is 0.738. The van der Waals surface area contributed by atoms with Crippen molar-refractivity contribution < 1.29 is 10.2 Å². The maximum absolute atomic E-state index is 9.20. The molecule has 0 bridgehead atoms. The summed E-state index contributed by atoms with van der Waals surface area (Å²) < 4.78 is 1.48. The third kappa shape index (κ3) is 1.39. The first-order valence-corrected chi connectivity index (χ1v) is 4.92. The van der Waals surface area contributed by atoms with Crippen LogP contribution in [0.2, 0.25) is 4.34 Å². The monoisotopic (exact) mass is 214 g/mol. The Bertz CT molecular complexity index is 450. The second-order valence-corrected chi connectivity index (χ2v) is 4.35. The van der Waals surface area contributed by atoms with Gasteiger partial charge in [-0.15, -0.1) is 11.3 Å². The Morgan fingerprint density at radius 2 is 2.15 bits per heavy atom. The van der Waals surface area contributed by atoms with Gasteiger partial charge in [-0.1, -0.05) is 11.6 Å². The molecule has 1 heterocycles. The highest BCUT2D eigenvalue weighted by molar-refractivity contribution is 7.22. The number of hydrogen-bond acceptors (Lipinski definition) is 3. The topological polar surface area (TPSA) is 40.5 Å². The molecular formula is C9H7ClO2S. The molecular weight excluding hydrogens is 208 g/mol. The summed E-state index contributed by atoms with van der Waals surface area (Å²) in [7, 11) is 0. The van der Waals surface area contributed by atoms with Crippen LogP contribution in [-0.4, -0.2) is 10.2 Å². The van der Waals surface area contributed by atoms with Crippen molar-refractivity contribution in [3.63, 3.8) is 0 Å². The number of phenols is 1. The van der Waals surface area contributed by atoms with Gasteiger partial charge in [0.2, 0.25) is 0 Å². The first-order chi connectivity index (χ1) is 6.22. The van der Waals surface area contributed by atoms with E-state index in [1.54, 1.807) is 18.2 Å². The Kier molecular flexibility index (Phi) is 2.15.